The summed E-state index contributed by atoms with van der Waals surface area (Å²) in [6.45, 7) is 0.00280. The molecule has 28 heavy (non-hydrogen) atoms. The fraction of sp³-hybridized carbons (Fsp3) is 0.200. The number of pyridine rings is 2. The normalized spacial score (nSPS) is 10.9. The maximum Gasteiger partial charge on any atom is 0.126 e. The van der Waals surface area contributed by atoms with Gasteiger partial charge in [0.2, 0.25) is 0 Å². The lowest BCUT2D eigenvalue weighted by Gasteiger charge is -2.15. The van der Waals surface area contributed by atoms with E-state index in [9.17, 15) is 14.6 Å². The Bertz CT molecular complexity index is 938. The van der Waals surface area contributed by atoms with Gasteiger partial charge in [-0.2, -0.15) is 0 Å². The fourth-order valence-electron chi connectivity index (χ4n) is 2.63. The Labute approximate surface area is 167 Å². The maximum atomic E-state index is 13.3. The second-order valence-electron chi connectivity index (χ2n) is 6.20. The van der Waals surface area contributed by atoms with Gasteiger partial charge in [0.15, 0.2) is 0 Å². The highest BCUT2D eigenvalue weighted by atomic mass is 35.5. The van der Waals surface area contributed by atoms with E-state index in [0.717, 1.165) is 16.8 Å². The monoisotopic (exact) mass is 402 g/mol. The molecule has 0 amide bonds. The zero-order chi connectivity index (χ0) is 19.9. The van der Waals surface area contributed by atoms with Crippen LogP contribution < -0.4 is 10.6 Å². The van der Waals surface area contributed by atoms with Gasteiger partial charge in [0.05, 0.1) is 30.0 Å². The van der Waals surface area contributed by atoms with E-state index in [0.29, 0.717) is 22.9 Å². The maximum absolute atomic E-state index is 13.3. The number of hydrogen-bond donors (Lipinski definition) is 4. The Balaban J connectivity index is 1.79. The highest BCUT2D eigenvalue weighted by Crippen LogP contribution is 2.30. The summed E-state index contributed by atoms with van der Waals surface area (Å²) < 4.78 is 13.3. The van der Waals surface area contributed by atoms with Crippen molar-refractivity contribution in [1.29, 1.82) is 0 Å². The number of rotatable bonds is 8. The molecule has 0 spiro atoms. The van der Waals surface area contributed by atoms with Crippen LogP contribution in [0.25, 0.3) is 11.1 Å². The van der Waals surface area contributed by atoms with E-state index in [4.69, 9.17) is 11.6 Å². The smallest absolute Gasteiger partial charge is 0.126 e. The van der Waals surface area contributed by atoms with E-state index in [1.165, 1.54) is 18.3 Å². The summed E-state index contributed by atoms with van der Waals surface area (Å²) in [6.07, 6.45) is 4.84. The van der Waals surface area contributed by atoms with Crippen LogP contribution in [0.1, 0.15) is 5.56 Å². The Morgan fingerprint density at radius 1 is 1.07 bits per heavy atom. The Morgan fingerprint density at radius 3 is 2.64 bits per heavy atom. The number of nitrogens with zero attached hydrogens (tertiary/aromatic N) is 2. The lowest BCUT2D eigenvalue weighted by molar-refractivity contribution is 0.203. The minimum Gasteiger partial charge on any atom is -0.394 e. The van der Waals surface area contributed by atoms with Crippen LogP contribution in [0.2, 0.25) is 5.02 Å². The van der Waals surface area contributed by atoms with Gasteiger partial charge in [-0.25, -0.2) is 9.37 Å². The minimum absolute atomic E-state index is 0.225. The van der Waals surface area contributed by atoms with Gasteiger partial charge in [0, 0.05) is 36.3 Å². The molecule has 4 N–H and O–H groups in total. The molecule has 0 saturated carbocycles. The highest BCUT2D eigenvalue weighted by molar-refractivity contribution is 6.33. The van der Waals surface area contributed by atoms with Crippen LogP contribution in [0.4, 0.5) is 15.9 Å². The Morgan fingerprint density at radius 2 is 1.89 bits per heavy atom. The van der Waals surface area contributed by atoms with Crippen molar-refractivity contribution in [2.75, 3.05) is 23.8 Å². The molecule has 2 heterocycles. The molecule has 146 valence electrons. The average molecular weight is 403 g/mol. The molecule has 6 nitrogen and oxygen atoms in total. The summed E-state index contributed by atoms with van der Waals surface area (Å²) >= 11 is 6.30. The molecule has 0 aliphatic carbocycles. The molecule has 0 saturated heterocycles. The van der Waals surface area contributed by atoms with Crippen LogP contribution in [0.15, 0.2) is 55.0 Å². The van der Waals surface area contributed by atoms with E-state index >= 15 is 0 Å². The van der Waals surface area contributed by atoms with Crippen LogP contribution in [-0.4, -0.2) is 39.4 Å². The zero-order valence-corrected chi connectivity index (χ0v) is 15.7. The summed E-state index contributed by atoms with van der Waals surface area (Å²) in [5.41, 5.74) is 3.05. The lowest BCUT2D eigenvalue weighted by atomic mass is 10.1. The van der Waals surface area contributed by atoms with Gasteiger partial charge in [-0.15, -0.1) is 0 Å². The van der Waals surface area contributed by atoms with Crippen molar-refractivity contribution in [2.24, 2.45) is 0 Å². The number of benzene rings is 1. The number of aliphatic hydroxyl groups excluding tert-OH is 2. The predicted molar refractivity (Wildman–Crippen MR) is 108 cm³/mol. The molecule has 0 radical (unpaired) electrons. The summed E-state index contributed by atoms with van der Waals surface area (Å²) in [5, 5.41) is 25.0. The van der Waals surface area contributed by atoms with Gasteiger partial charge in [-0.05, 0) is 29.8 Å². The first-order chi connectivity index (χ1) is 13.6. The quantitative estimate of drug-likeness (QED) is 0.462. The molecule has 0 bridgehead atoms. The predicted octanol–water partition coefficient (Wildman–Crippen LogP) is 3.31. The van der Waals surface area contributed by atoms with Gasteiger partial charge in [0.25, 0.3) is 0 Å². The average Bonchev–Trinajstić information content (AvgIpc) is 2.72. The third-order valence-corrected chi connectivity index (χ3v) is 4.38. The van der Waals surface area contributed by atoms with Crippen molar-refractivity contribution >= 4 is 23.1 Å². The first kappa shape index (κ1) is 20.0. The molecular formula is C20H20ClFN4O2. The molecule has 0 atom stereocenters. The number of nitrogens with one attached hydrogen (secondary N) is 2. The van der Waals surface area contributed by atoms with E-state index in [1.807, 2.05) is 12.1 Å². The van der Waals surface area contributed by atoms with Crippen molar-refractivity contribution in [2.45, 2.75) is 12.6 Å². The molecular weight excluding hydrogens is 383 g/mol. The topological polar surface area (TPSA) is 90.3 Å². The van der Waals surface area contributed by atoms with Crippen molar-refractivity contribution in [3.63, 3.8) is 0 Å². The first-order valence-electron chi connectivity index (χ1n) is 8.66. The first-order valence-corrected chi connectivity index (χ1v) is 9.04. The molecule has 0 unspecified atom stereocenters. The van der Waals surface area contributed by atoms with Crippen molar-refractivity contribution in [1.82, 2.24) is 9.97 Å². The van der Waals surface area contributed by atoms with Gasteiger partial charge < -0.3 is 20.8 Å². The van der Waals surface area contributed by atoms with E-state index in [2.05, 4.69) is 20.6 Å². The summed E-state index contributed by atoms with van der Waals surface area (Å²) in [6, 6.07) is 9.48. The third kappa shape index (κ3) is 5.16. The largest absolute Gasteiger partial charge is 0.394 e. The number of aromatic nitrogens is 2. The standard InChI is InChI=1S/C20H20ClFN4O2/c21-19-10-25-20(26-17(11-27)12-28)6-18(19)14-5-16(9-23-8-14)24-7-13-2-1-3-15(22)4-13/h1-6,8-10,17,24,27-28H,7,11-12H2,(H,25,26). The summed E-state index contributed by atoms with van der Waals surface area (Å²) in [4.78, 5) is 8.41. The van der Waals surface area contributed by atoms with Gasteiger partial charge in [-0.1, -0.05) is 23.7 Å². The Hall–Kier alpha value is -2.74. The molecule has 0 aliphatic rings. The zero-order valence-electron chi connectivity index (χ0n) is 14.9. The number of halogens is 2. The van der Waals surface area contributed by atoms with Crippen LogP contribution in [0.5, 0.6) is 0 Å². The molecule has 0 fully saturated rings. The van der Waals surface area contributed by atoms with Gasteiger partial charge in [-0.3, -0.25) is 4.98 Å². The van der Waals surface area contributed by atoms with Crippen LogP contribution in [0, 0.1) is 5.82 Å². The van der Waals surface area contributed by atoms with Crippen LogP contribution >= 0.6 is 11.6 Å². The fourth-order valence-corrected chi connectivity index (χ4v) is 2.84. The van der Waals surface area contributed by atoms with E-state index < -0.39 is 6.04 Å². The molecule has 1 aromatic carbocycles. The second-order valence-corrected chi connectivity index (χ2v) is 6.61. The van der Waals surface area contributed by atoms with E-state index in [1.54, 1.807) is 24.5 Å². The number of aliphatic hydroxyl groups is 2. The van der Waals surface area contributed by atoms with Crippen molar-refractivity contribution < 1.29 is 14.6 Å². The molecule has 8 heteroatoms. The van der Waals surface area contributed by atoms with Crippen LogP contribution in [-0.2, 0) is 6.54 Å². The molecule has 3 rings (SSSR count). The Kier molecular flexibility index (Phi) is 6.76. The number of anilines is 2. The molecule has 3 aromatic rings. The molecule has 0 aliphatic heterocycles. The SMILES string of the molecule is OCC(CO)Nc1cc(-c2cncc(NCc3cccc(F)c3)c2)c(Cl)cn1. The summed E-state index contributed by atoms with van der Waals surface area (Å²) in [7, 11) is 0. The second kappa shape index (κ2) is 9.45. The molecule has 2 aromatic heterocycles. The van der Waals surface area contributed by atoms with E-state index in [-0.39, 0.29) is 19.0 Å². The van der Waals surface area contributed by atoms with Crippen molar-refractivity contribution in [3.8, 4) is 11.1 Å². The van der Waals surface area contributed by atoms with Crippen molar-refractivity contribution in [3.05, 3.63) is 71.4 Å². The third-order valence-electron chi connectivity index (χ3n) is 4.08. The lowest BCUT2D eigenvalue weighted by Crippen LogP contribution is -2.28. The highest BCUT2D eigenvalue weighted by Gasteiger charge is 2.11. The summed E-state index contributed by atoms with van der Waals surface area (Å²) in [5.74, 6) is 0.199. The van der Waals surface area contributed by atoms with Gasteiger partial charge >= 0.3 is 0 Å². The number of hydrogen-bond acceptors (Lipinski definition) is 6. The van der Waals surface area contributed by atoms with Crippen LogP contribution in [0.3, 0.4) is 0 Å². The minimum atomic E-state index is -0.515. The van der Waals surface area contributed by atoms with Gasteiger partial charge in [0.1, 0.15) is 11.6 Å².